The van der Waals surface area contributed by atoms with E-state index in [4.69, 9.17) is 4.74 Å². The average Bonchev–Trinajstić information content (AvgIpc) is 2.38. The van der Waals surface area contributed by atoms with Gasteiger partial charge in [-0.1, -0.05) is 6.07 Å². The van der Waals surface area contributed by atoms with E-state index < -0.39 is 11.8 Å². The Labute approximate surface area is 106 Å². The molecule has 0 heterocycles. The first-order valence-corrected chi connectivity index (χ1v) is 5.85. The number of nitrogens with one attached hydrogen (secondary N) is 1. The van der Waals surface area contributed by atoms with Gasteiger partial charge in [0, 0.05) is 0 Å². The fraction of sp³-hybridized carbons (Fsp3) is 0.462. The molecule has 0 atom stereocenters. The second-order valence-corrected chi connectivity index (χ2v) is 3.76. The van der Waals surface area contributed by atoms with Gasteiger partial charge in [0.15, 0.2) is 0 Å². The smallest absolute Gasteiger partial charge is 0.344 e. The van der Waals surface area contributed by atoms with E-state index in [1.807, 2.05) is 7.05 Å². The monoisotopic (exact) mass is 255 g/mol. The summed E-state index contributed by atoms with van der Waals surface area (Å²) in [5, 5.41) is 3.02. The standard InChI is InChI=1S/C13H18FNO3/c1-15-8-3-4-9-18-11-7-5-6-10(14)12(11)13(16)17-2/h5-7,15H,3-4,8-9H2,1-2H3. The number of halogens is 1. The second kappa shape index (κ2) is 7.66. The van der Waals surface area contributed by atoms with Crippen LogP contribution in [-0.4, -0.2) is 33.3 Å². The van der Waals surface area contributed by atoms with Gasteiger partial charge in [-0.3, -0.25) is 0 Å². The van der Waals surface area contributed by atoms with E-state index >= 15 is 0 Å². The highest BCUT2D eigenvalue weighted by molar-refractivity contribution is 5.92. The Morgan fingerprint density at radius 1 is 1.39 bits per heavy atom. The predicted octanol–water partition coefficient (Wildman–Crippen LogP) is 1.99. The number of rotatable bonds is 7. The summed E-state index contributed by atoms with van der Waals surface area (Å²) >= 11 is 0. The molecule has 0 aliphatic rings. The lowest BCUT2D eigenvalue weighted by molar-refractivity contribution is 0.0590. The lowest BCUT2D eigenvalue weighted by atomic mass is 10.2. The van der Waals surface area contributed by atoms with Crippen LogP contribution in [0, 0.1) is 5.82 Å². The maximum absolute atomic E-state index is 13.5. The Morgan fingerprint density at radius 2 is 2.17 bits per heavy atom. The SMILES string of the molecule is CNCCCCOc1cccc(F)c1C(=O)OC. The minimum absolute atomic E-state index is 0.145. The molecule has 1 aromatic rings. The van der Waals surface area contributed by atoms with Gasteiger partial charge in [0.1, 0.15) is 17.1 Å². The lowest BCUT2D eigenvalue weighted by Gasteiger charge is -2.10. The van der Waals surface area contributed by atoms with Crippen molar-refractivity contribution in [3.63, 3.8) is 0 Å². The highest BCUT2D eigenvalue weighted by atomic mass is 19.1. The highest BCUT2D eigenvalue weighted by Gasteiger charge is 2.18. The van der Waals surface area contributed by atoms with Gasteiger partial charge in [0.25, 0.3) is 0 Å². The van der Waals surface area contributed by atoms with Crippen LogP contribution in [-0.2, 0) is 4.74 Å². The number of carbonyl (C=O) groups excluding carboxylic acids is 1. The number of hydrogen-bond donors (Lipinski definition) is 1. The minimum atomic E-state index is -0.724. The molecule has 0 aromatic heterocycles. The molecule has 0 saturated carbocycles. The van der Waals surface area contributed by atoms with Crippen LogP contribution in [0.3, 0.4) is 0 Å². The summed E-state index contributed by atoms with van der Waals surface area (Å²) in [4.78, 5) is 11.4. The Hall–Kier alpha value is -1.62. The van der Waals surface area contributed by atoms with Gasteiger partial charge in [0.05, 0.1) is 13.7 Å². The number of ether oxygens (including phenoxy) is 2. The van der Waals surface area contributed by atoms with Crippen molar-refractivity contribution in [2.24, 2.45) is 0 Å². The topological polar surface area (TPSA) is 47.6 Å². The third-order valence-corrected chi connectivity index (χ3v) is 2.44. The molecule has 1 rings (SSSR count). The largest absolute Gasteiger partial charge is 0.493 e. The molecule has 0 bridgehead atoms. The Bertz CT molecular complexity index is 396. The van der Waals surface area contributed by atoms with Gasteiger partial charge in [0.2, 0.25) is 0 Å². The molecule has 0 spiro atoms. The molecule has 18 heavy (non-hydrogen) atoms. The number of unbranched alkanes of at least 4 members (excludes halogenated alkanes) is 1. The molecular formula is C13H18FNO3. The van der Waals surface area contributed by atoms with Gasteiger partial charge >= 0.3 is 5.97 Å². The van der Waals surface area contributed by atoms with E-state index in [1.54, 1.807) is 6.07 Å². The summed E-state index contributed by atoms with van der Waals surface area (Å²) in [6, 6.07) is 4.28. The zero-order chi connectivity index (χ0) is 13.4. The first-order chi connectivity index (χ1) is 8.70. The molecule has 4 nitrogen and oxygen atoms in total. The van der Waals surface area contributed by atoms with Crippen molar-refractivity contribution in [3.05, 3.63) is 29.6 Å². The molecule has 1 N–H and O–H groups in total. The van der Waals surface area contributed by atoms with Gasteiger partial charge < -0.3 is 14.8 Å². The number of carbonyl (C=O) groups is 1. The zero-order valence-electron chi connectivity index (χ0n) is 10.7. The Kier molecular flexibility index (Phi) is 6.14. The Balaban J connectivity index is 2.64. The molecule has 1 aromatic carbocycles. The number of esters is 1. The van der Waals surface area contributed by atoms with Crippen molar-refractivity contribution in [1.29, 1.82) is 0 Å². The summed E-state index contributed by atoms with van der Waals surface area (Å²) in [6.45, 7) is 1.34. The van der Waals surface area contributed by atoms with Crippen LogP contribution in [0.15, 0.2) is 18.2 Å². The van der Waals surface area contributed by atoms with Crippen molar-refractivity contribution in [2.75, 3.05) is 27.3 Å². The molecule has 0 saturated heterocycles. The van der Waals surface area contributed by atoms with Crippen LogP contribution >= 0.6 is 0 Å². The van der Waals surface area contributed by atoms with E-state index in [0.717, 1.165) is 19.4 Å². The van der Waals surface area contributed by atoms with E-state index in [-0.39, 0.29) is 11.3 Å². The summed E-state index contributed by atoms with van der Waals surface area (Å²) in [7, 11) is 3.09. The van der Waals surface area contributed by atoms with E-state index in [0.29, 0.717) is 6.61 Å². The van der Waals surface area contributed by atoms with Crippen LogP contribution in [0.4, 0.5) is 4.39 Å². The first kappa shape index (κ1) is 14.4. The Morgan fingerprint density at radius 3 is 2.83 bits per heavy atom. The molecule has 5 heteroatoms. The third-order valence-electron chi connectivity index (χ3n) is 2.44. The van der Waals surface area contributed by atoms with E-state index in [2.05, 4.69) is 10.1 Å². The van der Waals surface area contributed by atoms with Gasteiger partial charge in [-0.05, 0) is 38.6 Å². The molecule has 0 unspecified atom stereocenters. The average molecular weight is 255 g/mol. The van der Waals surface area contributed by atoms with Gasteiger partial charge in [-0.25, -0.2) is 9.18 Å². The number of methoxy groups -OCH3 is 1. The third kappa shape index (κ3) is 4.00. The fourth-order valence-corrected chi connectivity index (χ4v) is 1.51. The highest BCUT2D eigenvalue weighted by Crippen LogP contribution is 2.22. The van der Waals surface area contributed by atoms with Crippen molar-refractivity contribution in [2.45, 2.75) is 12.8 Å². The maximum Gasteiger partial charge on any atom is 0.344 e. The molecule has 0 radical (unpaired) electrons. The zero-order valence-corrected chi connectivity index (χ0v) is 10.7. The first-order valence-electron chi connectivity index (χ1n) is 5.85. The summed E-state index contributed by atoms with van der Waals surface area (Å²) < 4.78 is 23.5. The molecule has 0 aliphatic carbocycles. The number of benzene rings is 1. The molecular weight excluding hydrogens is 237 g/mol. The molecule has 100 valence electrons. The van der Waals surface area contributed by atoms with Crippen LogP contribution < -0.4 is 10.1 Å². The molecule has 0 amide bonds. The normalized spacial score (nSPS) is 10.2. The maximum atomic E-state index is 13.5. The predicted molar refractivity (Wildman–Crippen MR) is 66.4 cm³/mol. The fourth-order valence-electron chi connectivity index (χ4n) is 1.51. The summed E-state index contributed by atoms with van der Waals surface area (Å²) in [6.07, 6.45) is 1.79. The lowest BCUT2D eigenvalue weighted by Crippen LogP contribution is -2.11. The van der Waals surface area contributed by atoms with Gasteiger partial charge in [-0.15, -0.1) is 0 Å². The van der Waals surface area contributed by atoms with Crippen molar-refractivity contribution < 1.29 is 18.7 Å². The minimum Gasteiger partial charge on any atom is -0.493 e. The molecule has 0 aliphatic heterocycles. The number of hydrogen-bond acceptors (Lipinski definition) is 4. The van der Waals surface area contributed by atoms with Crippen LogP contribution in [0.25, 0.3) is 0 Å². The van der Waals surface area contributed by atoms with Crippen molar-refractivity contribution in [3.8, 4) is 5.75 Å². The van der Waals surface area contributed by atoms with Gasteiger partial charge in [-0.2, -0.15) is 0 Å². The molecule has 0 fully saturated rings. The quantitative estimate of drug-likeness (QED) is 0.598. The summed E-state index contributed by atoms with van der Waals surface area (Å²) in [5.74, 6) is -1.13. The van der Waals surface area contributed by atoms with Crippen molar-refractivity contribution >= 4 is 5.97 Å². The second-order valence-electron chi connectivity index (χ2n) is 3.76. The summed E-state index contributed by atoms with van der Waals surface area (Å²) in [5.41, 5.74) is -0.145. The van der Waals surface area contributed by atoms with Crippen molar-refractivity contribution in [1.82, 2.24) is 5.32 Å². The van der Waals surface area contributed by atoms with Crippen LogP contribution in [0.2, 0.25) is 0 Å². The van der Waals surface area contributed by atoms with Crippen LogP contribution in [0.1, 0.15) is 23.2 Å². The van der Waals surface area contributed by atoms with E-state index in [1.165, 1.54) is 19.2 Å². The van der Waals surface area contributed by atoms with Crippen LogP contribution in [0.5, 0.6) is 5.75 Å². The van der Waals surface area contributed by atoms with E-state index in [9.17, 15) is 9.18 Å².